The molecule has 6 heteroatoms. The van der Waals surface area contributed by atoms with Crippen LogP contribution in [0.3, 0.4) is 0 Å². The van der Waals surface area contributed by atoms with Crippen LogP contribution in [0.5, 0.6) is 0 Å². The number of nitrogens with two attached hydrogens (primary N) is 1. The van der Waals surface area contributed by atoms with E-state index in [1.54, 1.807) is 6.07 Å². The normalized spacial score (nSPS) is 19.3. The molecule has 1 aliphatic heterocycles. The molecule has 1 aromatic heterocycles. The second kappa shape index (κ2) is 5.59. The van der Waals surface area contributed by atoms with Crippen molar-refractivity contribution in [2.45, 2.75) is 25.6 Å². The van der Waals surface area contributed by atoms with E-state index in [1.165, 1.54) is 6.07 Å². The molecule has 0 spiro atoms. The minimum Gasteiger partial charge on any atom is -0.330 e. The Bertz CT molecular complexity index is 381. The summed E-state index contributed by atoms with van der Waals surface area (Å²) in [7, 11) is 0. The van der Waals surface area contributed by atoms with Crippen molar-refractivity contribution >= 4 is 11.3 Å². The zero-order valence-electron chi connectivity index (χ0n) is 10.0. The van der Waals surface area contributed by atoms with Gasteiger partial charge in [-0.1, -0.05) is 0 Å². The first-order valence-electron chi connectivity index (χ1n) is 6.07. The fourth-order valence-corrected chi connectivity index (χ4v) is 3.13. The van der Waals surface area contributed by atoms with Crippen LogP contribution in [0.15, 0.2) is 12.1 Å². The molecule has 1 saturated heterocycles. The molecule has 18 heavy (non-hydrogen) atoms. The zero-order chi connectivity index (χ0) is 13.2. The van der Waals surface area contributed by atoms with Crippen LogP contribution in [0.1, 0.15) is 22.6 Å². The Balaban J connectivity index is 1.89. The van der Waals surface area contributed by atoms with E-state index in [1.807, 2.05) is 0 Å². The standard InChI is InChI=1S/C12H17F3N2S/c13-12(14,15)11-2-1-10(18-11)8-17-5-3-9(7-16)4-6-17/h1-2,9H,3-8,16H2. The quantitative estimate of drug-likeness (QED) is 0.921. The lowest BCUT2D eigenvalue weighted by atomic mass is 9.97. The molecule has 0 bridgehead atoms. The Morgan fingerprint density at radius 2 is 1.94 bits per heavy atom. The molecule has 2 N–H and O–H groups in total. The first-order valence-corrected chi connectivity index (χ1v) is 6.89. The van der Waals surface area contributed by atoms with Crippen molar-refractivity contribution in [1.29, 1.82) is 0 Å². The van der Waals surface area contributed by atoms with Crippen LogP contribution in [-0.4, -0.2) is 24.5 Å². The number of nitrogens with zero attached hydrogens (tertiary/aromatic N) is 1. The van der Waals surface area contributed by atoms with Crippen LogP contribution in [0, 0.1) is 5.92 Å². The summed E-state index contributed by atoms with van der Waals surface area (Å²) in [5, 5.41) is 0. The molecule has 2 heterocycles. The lowest BCUT2D eigenvalue weighted by Gasteiger charge is -2.30. The topological polar surface area (TPSA) is 29.3 Å². The summed E-state index contributed by atoms with van der Waals surface area (Å²) in [6.45, 7) is 3.20. The molecule has 0 amide bonds. The molecule has 102 valence electrons. The monoisotopic (exact) mass is 278 g/mol. The van der Waals surface area contributed by atoms with Gasteiger partial charge in [0.15, 0.2) is 0 Å². The predicted molar refractivity (Wildman–Crippen MR) is 66.4 cm³/mol. The Kier molecular flexibility index (Phi) is 4.29. The number of rotatable bonds is 3. The van der Waals surface area contributed by atoms with Gasteiger partial charge in [0.25, 0.3) is 0 Å². The van der Waals surface area contributed by atoms with Gasteiger partial charge in [-0.05, 0) is 50.5 Å². The van der Waals surface area contributed by atoms with Crippen molar-refractivity contribution in [1.82, 2.24) is 4.90 Å². The molecular weight excluding hydrogens is 261 g/mol. The van der Waals surface area contributed by atoms with Crippen LogP contribution in [-0.2, 0) is 12.7 Å². The Morgan fingerprint density at radius 3 is 2.44 bits per heavy atom. The van der Waals surface area contributed by atoms with Gasteiger partial charge < -0.3 is 5.73 Å². The number of hydrogen-bond acceptors (Lipinski definition) is 3. The van der Waals surface area contributed by atoms with E-state index in [0.717, 1.165) is 42.1 Å². The van der Waals surface area contributed by atoms with Crippen molar-refractivity contribution in [2.75, 3.05) is 19.6 Å². The van der Waals surface area contributed by atoms with Gasteiger partial charge >= 0.3 is 6.18 Å². The zero-order valence-corrected chi connectivity index (χ0v) is 10.9. The van der Waals surface area contributed by atoms with Gasteiger partial charge in [0.2, 0.25) is 0 Å². The van der Waals surface area contributed by atoms with Crippen molar-refractivity contribution in [2.24, 2.45) is 11.7 Å². The second-order valence-corrected chi connectivity index (χ2v) is 5.89. The van der Waals surface area contributed by atoms with Crippen LogP contribution in [0.25, 0.3) is 0 Å². The van der Waals surface area contributed by atoms with Crippen molar-refractivity contribution < 1.29 is 13.2 Å². The molecule has 2 rings (SSSR count). The van der Waals surface area contributed by atoms with Crippen molar-refractivity contribution in [3.8, 4) is 0 Å². The Morgan fingerprint density at radius 1 is 1.28 bits per heavy atom. The van der Waals surface area contributed by atoms with Crippen LogP contribution in [0.2, 0.25) is 0 Å². The summed E-state index contributed by atoms with van der Waals surface area (Å²) in [6.07, 6.45) is -2.11. The molecule has 0 unspecified atom stereocenters. The van der Waals surface area contributed by atoms with E-state index < -0.39 is 11.1 Å². The Labute approximate surface area is 109 Å². The number of likely N-dealkylation sites (tertiary alicyclic amines) is 1. The van der Waals surface area contributed by atoms with E-state index in [-0.39, 0.29) is 0 Å². The molecule has 0 atom stereocenters. The maximum Gasteiger partial charge on any atom is 0.425 e. The van der Waals surface area contributed by atoms with E-state index in [4.69, 9.17) is 5.73 Å². The highest BCUT2D eigenvalue weighted by Gasteiger charge is 2.32. The summed E-state index contributed by atoms with van der Waals surface area (Å²) in [4.78, 5) is 2.49. The fraction of sp³-hybridized carbons (Fsp3) is 0.667. The highest BCUT2D eigenvalue weighted by atomic mass is 32.1. The van der Waals surface area contributed by atoms with Gasteiger partial charge in [0, 0.05) is 11.4 Å². The lowest BCUT2D eigenvalue weighted by Crippen LogP contribution is -2.35. The highest BCUT2D eigenvalue weighted by molar-refractivity contribution is 7.12. The molecule has 2 nitrogen and oxygen atoms in total. The molecule has 0 aliphatic carbocycles. The molecule has 1 aromatic rings. The van der Waals surface area contributed by atoms with Gasteiger partial charge in [0.1, 0.15) is 4.88 Å². The number of halogens is 3. The van der Waals surface area contributed by atoms with Gasteiger partial charge in [0.05, 0.1) is 0 Å². The predicted octanol–water partition coefficient (Wildman–Crippen LogP) is 2.94. The Hall–Kier alpha value is -0.590. The maximum absolute atomic E-state index is 12.5. The summed E-state index contributed by atoms with van der Waals surface area (Å²) < 4.78 is 37.4. The van der Waals surface area contributed by atoms with E-state index in [0.29, 0.717) is 19.0 Å². The third kappa shape index (κ3) is 3.46. The van der Waals surface area contributed by atoms with Gasteiger partial charge in [-0.3, -0.25) is 4.90 Å². The average Bonchev–Trinajstić information content (AvgIpc) is 2.78. The molecule has 0 radical (unpaired) electrons. The molecule has 1 fully saturated rings. The first-order chi connectivity index (χ1) is 8.49. The average molecular weight is 278 g/mol. The number of thiophene rings is 1. The molecule has 0 aromatic carbocycles. The van der Waals surface area contributed by atoms with Crippen LogP contribution in [0.4, 0.5) is 13.2 Å². The van der Waals surface area contributed by atoms with Crippen LogP contribution >= 0.6 is 11.3 Å². The highest BCUT2D eigenvalue weighted by Crippen LogP contribution is 2.35. The number of alkyl halides is 3. The maximum atomic E-state index is 12.5. The second-order valence-electron chi connectivity index (χ2n) is 4.72. The summed E-state index contributed by atoms with van der Waals surface area (Å²) in [6, 6.07) is 2.76. The van der Waals surface area contributed by atoms with Gasteiger partial charge in [-0.15, -0.1) is 11.3 Å². The number of hydrogen-bond donors (Lipinski definition) is 1. The van der Waals surface area contributed by atoms with E-state index in [9.17, 15) is 13.2 Å². The van der Waals surface area contributed by atoms with Crippen molar-refractivity contribution in [3.63, 3.8) is 0 Å². The molecule has 0 saturated carbocycles. The molecular formula is C12H17F3N2S. The SMILES string of the molecule is NCC1CCN(Cc2ccc(C(F)(F)F)s2)CC1. The lowest BCUT2D eigenvalue weighted by molar-refractivity contribution is -0.134. The third-order valence-corrected chi connectivity index (χ3v) is 4.48. The first kappa shape index (κ1) is 13.8. The fourth-order valence-electron chi connectivity index (χ4n) is 2.22. The third-order valence-electron chi connectivity index (χ3n) is 3.36. The number of piperidine rings is 1. The molecule has 1 aliphatic rings. The van der Waals surface area contributed by atoms with Gasteiger partial charge in [-0.2, -0.15) is 13.2 Å². The van der Waals surface area contributed by atoms with E-state index in [2.05, 4.69) is 4.90 Å². The van der Waals surface area contributed by atoms with Gasteiger partial charge in [-0.25, -0.2) is 0 Å². The summed E-state index contributed by atoms with van der Waals surface area (Å²) >= 11 is 0.849. The van der Waals surface area contributed by atoms with Crippen LogP contribution < -0.4 is 5.73 Å². The summed E-state index contributed by atoms with van der Waals surface area (Å²) in [5.74, 6) is 0.579. The smallest absolute Gasteiger partial charge is 0.330 e. The minimum absolute atomic E-state index is 0.505. The largest absolute Gasteiger partial charge is 0.425 e. The summed E-state index contributed by atoms with van der Waals surface area (Å²) in [5.41, 5.74) is 5.61. The minimum atomic E-state index is -4.21. The van der Waals surface area contributed by atoms with Crippen molar-refractivity contribution in [3.05, 3.63) is 21.9 Å². The van der Waals surface area contributed by atoms with E-state index >= 15 is 0 Å².